The number of amides is 1. The molecule has 1 amide bonds. The summed E-state index contributed by atoms with van der Waals surface area (Å²) in [5.74, 6) is 1.87. The van der Waals surface area contributed by atoms with Crippen LogP contribution < -0.4 is 5.32 Å². The van der Waals surface area contributed by atoms with Gasteiger partial charge in [-0.05, 0) is 25.8 Å². The SMILES string of the molecule is CCc1noc(CNC(=O)c2csc3c2CCN(Cc2c(C)noc2C)C3)n1. The Kier molecular flexibility index (Phi) is 5.27. The van der Waals surface area contributed by atoms with Crippen molar-refractivity contribution in [3.8, 4) is 0 Å². The fourth-order valence-corrected chi connectivity index (χ4v) is 4.54. The number of fused-ring (bicyclic) bond motifs is 1. The number of thiophene rings is 1. The van der Waals surface area contributed by atoms with Crippen molar-refractivity contribution in [2.75, 3.05) is 6.54 Å². The van der Waals surface area contributed by atoms with Crippen molar-refractivity contribution in [2.45, 2.75) is 53.2 Å². The summed E-state index contributed by atoms with van der Waals surface area (Å²) in [5, 5.41) is 12.7. The van der Waals surface area contributed by atoms with Crippen molar-refractivity contribution in [1.82, 2.24) is 25.5 Å². The van der Waals surface area contributed by atoms with Gasteiger partial charge >= 0.3 is 0 Å². The minimum atomic E-state index is -0.0899. The Morgan fingerprint density at radius 1 is 1.32 bits per heavy atom. The second-order valence-electron chi connectivity index (χ2n) is 6.96. The minimum absolute atomic E-state index is 0.0899. The van der Waals surface area contributed by atoms with Crippen LogP contribution in [0.4, 0.5) is 0 Å². The first-order chi connectivity index (χ1) is 13.5. The fraction of sp³-hybridized carbons (Fsp3) is 0.474. The van der Waals surface area contributed by atoms with E-state index >= 15 is 0 Å². The predicted octanol–water partition coefficient (Wildman–Crippen LogP) is 2.79. The van der Waals surface area contributed by atoms with E-state index < -0.39 is 0 Å². The minimum Gasteiger partial charge on any atom is -0.361 e. The van der Waals surface area contributed by atoms with Crippen LogP contribution in [-0.4, -0.2) is 32.6 Å². The number of hydrogen-bond acceptors (Lipinski definition) is 8. The highest BCUT2D eigenvalue weighted by atomic mass is 32.1. The van der Waals surface area contributed by atoms with Gasteiger partial charge in [-0.15, -0.1) is 11.3 Å². The highest BCUT2D eigenvalue weighted by molar-refractivity contribution is 7.10. The molecule has 1 aliphatic rings. The summed E-state index contributed by atoms with van der Waals surface area (Å²) in [7, 11) is 0. The van der Waals surface area contributed by atoms with E-state index in [-0.39, 0.29) is 12.5 Å². The first kappa shape index (κ1) is 18.8. The number of rotatable bonds is 6. The smallest absolute Gasteiger partial charge is 0.252 e. The van der Waals surface area contributed by atoms with E-state index in [0.29, 0.717) is 18.1 Å². The van der Waals surface area contributed by atoms with Crippen molar-refractivity contribution in [3.05, 3.63) is 50.1 Å². The molecule has 0 unspecified atom stereocenters. The zero-order valence-electron chi connectivity index (χ0n) is 16.2. The molecule has 1 N–H and O–H groups in total. The van der Waals surface area contributed by atoms with Crippen molar-refractivity contribution in [2.24, 2.45) is 0 Å². The molecule has 0 aromatic carbocycles. The molecule has 0 spiro atoms. The van der Waals surface area contributed by atoms with E-state index in [9.17, 15) is 4.79 Å². The number of aromatic nitrogens is 3. The molecule has 1 aliphatic heterocycles. The molecule has 28 heavy (non-hydrogen) atoms. The Hall–Kier alpha value is -2.52. The van der Waals surface area contributed by atoms with Crippen molar-refractivity contribution < 1.29 is 13.8 Å². The largest absolute Gasteiger partial charge is 0.361 e. The van der Waals surface area contributed by atoms with Crippen LogP contribution in [0.15, 0.2) is 14.4 Å². The fourth-order valence-electron chi connectivity index (χ4n) is 3.41. The quantitative estimate of drug-likeness (QED) is 0.678. The van der Waals surface area contributed by atoms with Crippen LogP contribution in [0.3, 0.4) is 0 Å². The van der Waals surface area contributed by atoms with Gasteiger partial charge in [-0.25, -0.2) is 0 Å². The van der Waals surface area contributed by atoms with E-state index in [0.717, 1.165) is 54.2 Å². The van der Waals surface area contributed by atoms with Gasteiger partial charge in [0.1, 0.15) is 5.76 Å². The normalized spacial score (nSPS) is 14.2. The summed E-state index contributed by atoms with van der Waals surface area (Å²) in [4.78, 5) is 20.5. The number of nitrogens with zero attached hydrogens (tertiary/aromatic N) is 4. The van der Waals surface area contributed by atoms with E-state index in [4.69, 9.17) is 9.05 Å². The Morgan fingerprint density at radius 2 is 2.18 bits per heavy atom. The average Bonchev–Trinajstić information content (AvgIpc) is 3.41. The molecule has 0 saturated carbocycles. The number of carbonyl (C=O) groups excluding carboxylic acids is 1. The van der Waals surface area contributed by atoms with Crippen molar-refractivity contribution >= 4 is 17.2 Å². The van der Waals surface area contributed by atoms with E-state index in [1.165, 1.54) is 4.88 Å². The van der Waals surface area contributed by atoms with Gasteiger partial charge in [0, 0.05) is 41.9 Å². The third-order valence-electron chi connectivity index (χ3n) is 5.06. The zero-order valence-corrected chi connectivity index (χ0v) is 17.1. The van der Waals surface area contributed by atoms with E-state index in [2.05, 4.69) is 25.5 Å². The third-order valence-corrected chi connectivity index (χ3v) is 6.07. The van der Waals surface area contributed by atoms with Gasteiger partial charge in [-0.1, -0.05) is 17.2 Å². The van der Waals surface area contributed by atoms with E-state index in [1.807, 2.05) is 26.2 Å². The van der Waals surface area contributed by atoms with Crippen LogP contribution in [0.25, 0.3) is 0 Å². The van der Waals surface area contributed by atoms with Gasteiger partial charge in [-0.3, -0.25) is 9.69 Å². The Balaban J connectivity index is 1.39. The molecular formula is C19H23N5O3S. The maximum Gasteiger partial charge on any atom is 0.252 e. The van der Waals surface area contributed by atoms with Crippen LogP contribution in [-0.2, 0) is 32.5 Å². The summed E-state index contributed by atoms with van der Waals surface area (Å²) in [6, 6.07) is 0. The maximum atomic E-state index is 12.6. The topological polar surface area (TPSA) is 97.3 Å². The first-order valence-electron chi connectivity index (χ1n) is 9.38. The standard InChI is InChI=1S/C19H23N5O3S/c1-4-17-21-18(27-23-17)7-20-19(25)15-10-28-16-9-24(6-5-13(15)16)8-14-11(2)22-26-12(14)3/h10H,4-9H2,1-3H3,(H,20,25). The van der Waals surface area contributed by atoms with Gasteiger partial charge in [-0.2, -0.15) is 4.98 Å². The van der Waals surface area contributed by atoms with Crippen LogP contribution in [0, 0.1) is 13.8 Å². The summed E-state index contributed by atoms with van der Waals surface area (Å²) in [5.41, 5.74) is 4.01. The van der Waals surface area contributed by atoms with Gasteiger partial charge in [0.25, 0.3) is 5.91 Å². The third kappa shape index (κ3) is 3.72. The Labute approximate surface area is 166 Å². The molecule has 8 nitrogen and oxygen atoms in total. The van der Waals surface area contributed by atoms with Gasteiger partial charge < -0.3 is 14.4 Å². The first-order valence-corrected chi connectivity index (χ1v) is 10.3. The highest BCUT2D eigenvalue weighted by Crippen LogP contribution is 2.30. The molecule has 0 saturated heterocycles. The number of aryl methyl sites for hydroxylation is 3. The molecular weight excluding hydrogens is 378 g/mol. The lowest BCUT2D eigenvalue weighted by Crippen LogP contribution is -2.31. The van der Waals surface area contributed by atoms with Crippen molar-refractivity contribution in [3.63, 3.8) is 0 Å². The molecule has 0 aliphatic carbocycles. The van der Waals surface area contributed by atoms with Crippen LogP contribution in [0.5, 0.6) is 0 Å². The second-order valence-corrected chi connectivity index (χ2v) is 7.92. The van der Waals surface area contributed by atoms with Crippen molar-refractivity contribution in [1.29, 1.82) is 0 Å². The summed E-state index contributed by atoms with van der Waals surface area (Å²) < 4.78 is 10.4. The molecule has 3 aromatic heterocycles. The zero-order chi connectivity index (χ0) is 19.7. The van der Waals surface area contributed by atoms with Gasteiger partial charge in [0.15, 0.2) is 5.82 Å². The molecule has 148 valence electrons. The van der Waals surface area contributed by atoms with Crippen LogP contribution >= 0.6 is 11.3 Å². The molecule has 3 aromatic rings. The second kappa shape index (κ2) is 7.84. The highest BCUT2D eigenvalue weighted by Gasteiger charge is 2.25. The summed E-state index contributed by atoms with van der Waals surface area (Å²) in [6.45, 7) is 8.68. The number of hydrogen-bond donors (Lipinski definition) is 1. The lowest BCUT2D eigenvalue weighted by Gasteiger charge is -2.27. The molecule has 0 bridgehead atoms. The molecule has 0 radical (unpaired) electrons. The number of nitrogens with one attached hydrogen (secondary N) is 1. The maximum absolute atomic E-state index is 12.6. The molecule has 0 atom stereocenters. The average molecular weight is 401 g/mol. The monoisotopic (exact) mass is 401 g/mol. The van der Waals surface area contributed by atoms with Crippen LogP contribution in [0.1, 0.15) is 56.5 Å². The van der Waals surface area contributed by atoms with Gasteiger partial charge in [0.2, 0.25) is 5.89 Å². The summed E-state index contributed by atoms with van der Waals surface area (Å²) >= 11 is 1.64. The van der Waals surface area contributed by atoms with Gasteiger partial charge in [0.05, 0.1) is 17.8 Å². The lowest BCUT2D eigenvalue weighted by atomic mass is 10.0. The number of carbonyl (C=O) groups is 1. The molecule has 4 rings (SSSR count). The Morgan fingerprint density at radius 3 is 2.89 bits per heavy atom. The molecule has 0 fully saturated rings. The molecule has 4 heterocycles. The predicted molar refractivity (Wildman–Crippen MR) is 103 cm³/mol. The summed E-state index contributed by atoms with van der Waals surface area (Å²) in [6.07, 6.45) is 1.56. The van der Waals surface area contributed by atoms with Crippen LogP contribution in [0.2, 0.25) is 0 Å². The van der Waals surface area contributed by atoms with E-state index in [1.54, 1.807) is 11.3 Å². The Bertz CT molecular complexity index is 970. The lowest BCUT2D eigenvalue weighted by molar-refractivity contribution is 0.0945. The molecule has 9 heteroatoms.